The number of aromatic nitrogens is 3. The van der Waals surface area contributed by atoms with Gasteiger partial charge in [-0.15, -0.1) is 11.3 Å². The molecule has 0 bridgehead atoms. The lowest BCUT2D eigenvalue weighted by Crippen LogP contribution is -2.37. The molecule has 2 aromatic heterocycles. The fraction of sp³-hybridized carbons (Fsp3) is 0.182. The molecule has 4 aromatic rings. The molecule has 0 spiro atoms. The van der Waals surface area contributed by atoms with Gasteiger partial charge in [0.05, 0.1) is 23.6 Å². The van der Waals surface area contributed by atoms with Crippen LogP contribution in [0.5, 0.6) is 0 Å². The molecule has 0 radical (unpaired) electrons. The van der Waals surface area contributed by atoms with Gasteiger partial charge < -0.3 is 15.0 Å². The summed E-state index contributed by atoms with van der Waals surface area (Å²) in [4.78, 5) is 27.7. The van der Waals surface area contributed by atoms with E-state index in [9.17, 15) is 13.2 Å². The van der Waals surface area contributed by atoms with Crippen molar-refractivity contribution >= 4 is 60.9 Å². The van der Waals surface area contributed by atoms with E-state index in [2.05, 4.69) is 35.2 Å². The van der Waals surface area contributed by atoms with Crippen LogP contribution in [0.2, 0.25) is 0 Å². The van der Waals surface area contributed by atoms with Crippen LogP contribution in [0, 0.1) is 0 Å². The second-order valence-electron chi connectivity index (χ2n) is 7.53. The third-order valence-electron chi connectivity index (χ3n) is 5.20. The Hall–Kier alpha value is -3.81. The molecule has 5 rings (SSSR count). The molecule has 2 amide bonds. The van der Waals surface area contributed by atoms with Crippen molar-refractivity contribution in [3.63, 3.8) is 0 Å². The first kappa shape index (κ1) is 23.0. The second kappa shape index (κ2) is 9.82. The normalized spacial score (nSPS) is 14.0. The summed E-state index contributed by atoms with van der Waals surface area (Å²) in [5.41, 5.74) is 1.12. The molecular formula is C22H21N7O4S2. The highest BCUT2D eigenvalue weighted by molar-refractivity contribution is 7.93. The van der Waals surface area contributed by atoms with Gasteiger partial charge in [-0.3, -0.25) is 10.0 Å². The van der Waals surface area contributed by atoms with Crippen molar-refractivity contribution in [3.8, 4) is 0 Å². The van der Waals surface area contributed by atoms with Crippen LogP contribution in [0.4, 0.5) is 27.4 Å². The molecule has 0 saturated carbocycles. The smallest absolute Gasteiger partial charge is 0.326 e. The second-order valence-corrected chi connectivity index (χ2v) is 10.1. The lowest BCUT2D eigenvalue weighted by Gasteiger charge is -2.28. The first-order chi connectivity index (χ1) is 17.0. The molecule has 13 heteroatoms. The number of ether oxygens (including phenoxy) is 1. The van der Waals surface area contributed by atoms with Gasteiger partial charge in [-0.2, -0.15) is 4.98 Å². The van der Waals surface area contributed by atoms with E-state index in [0.29, 0.717) is 37.5 Å². The van der Waals surface area contributed by atoms with E-state index >= 15 is 0 Å². The Morgan fingerprint density at radius 2 is 1.77 bits per heavy atom. The summed E-state index contributed by atoms with van der Waals surface area (Å²) in [5, 5.41) is 8.18. The van der Waals surface area contributed by atoms with E-state index in [1.807, 2.05) is 24.3 Å². The minimum Gasteiger partial charge on any atom is -0.378 e. The van der Waals surface area contributed by atoms with Crippen LogP contribution in [0.3, 0.4) is 0 Å². The van der Waals surface area contributed by atoms with Crippen LogP contribution in [-0.4, -0.2) is 55.7 Å². The van der Waals surface area contributed by atoms with Crippen molar-refractivity contribution in [1.29, 1.82) is 0 Å². The third-order valence-corrected chi connectivity index (χ3v) is 7.37. The minimum absolute atomic E-state index is 0.0478. The predicted octanol–water partition coefficient (Wildman–Crippen LogP) is 3.37. The molecule has 180 valence electrons. The lowest BCUT2D eigenvalue weighted by atomic mass is 10.2. The number of carbonyl (C=O) groups excluding carboxylic acids is 1. The number of nitrogens with zero attached hydrogens (tertiary/aromatic N) is 4. The van der Waals surface area contributed by atoms with Crippen molar-refractivity contribution in [2.75, 3.05) is 46.6 Å². The maximum atomic E-state index is 12.6. The van der Waals surface area contributed by atoms with Crippen molar-refractivity contribution in [1.82, 2.24) is 15.0 Å². The van der Waals surface area contributed by atoms with Gasteiger partial charge in [0, 0.05) is 35.7 Å². The lowest BCUT2D eigenvalue weighted by molar-refractivity contribution is 0.122. The van der Waals surface area contributed by atoms with Crippen molar-refractivity contribution in [3.05, 3.63) is 60.1 Å². The van der Waals surface area contributed by atoms with Crippen LogP contribution in [0.15, 0.2) is 65.0 Å². The van der Waals surface area contributed by atoms with Gasteiger partial charge in [0.2, 0.25) is 5.95 Å². The fourth-order valence-corrected chi connectivity index (χ4v) is 5.35. The summed E-state index contributed by atoms with van der Waals surface area (Å²) in [5.74, 6) is 0.894. The molecule has 1 fully saturated rings. The predicted molar refractivity (Wildman–Crippen MR) is 135 cm³/mol. The number of amides is 2. The monoisotopic (exact) mass is 511 g/mol. The molecule has 2 aromatic carbocycles. The summed E-state index contributed by atoms with van der Waals surface area (Å²) in [6.45, 7) is 2.60. The maximum Gasteiger partial charge on any atom is 0.326 e. The number of anilines is 4. The Labute approximate surface area is 205 Å². The number of urea groups is 1. The topological polar surface area (TPSA) is 138 Å². The number of benzene rings is 2. The van der Waals surface area contributed by atoms with Gasteiger partial charge in [-0.1, -0.05) is 12.1 Å². The zero-order chi connectivity index (χ0) is 24.3. The standard InChI is InChI=1S/C22H21N7O4S2/c30-21(24-15-5-7-16(8-6-15)35(31,32)28-22-23-9-14-34-22)27-20-25-18-4-2-1-3-17(18)19(26-20)29-10-12-33-13-11-29/h1-9,14H,10-13H2,(H,23,28)(H2,24,25,26,27,30). The molecule has 0 atom stereocenters. The van der Waals surface area contributed by atoms with Gasteiger partial charge in [-0.25, -0.2) is 23.2 Å². The summed E-state index contributed by atoms with van der Waals surface area (Å²) < 4.78 is 32.8. The molecule has 3 heterocycles. The number of fused-ring (bicyclic) bond motifs is 1. The molecule has 11 nitrogen and oxygen atoms in total. The molecule has 0 aliphatic carbocycles. The Balaban J connectivity index is 1.30. The average Bonchev–Trinajstić information content (AvgIpc) is 3.37. The number of rotatable bonds is 6. The van der Waals surface area contributed by atoms with E-state index < -0.39 is 16.1 Å². The van der Waals surface area contributed by atoms with Crippen LogP contribution in [-0.2, 0) is 14.8 Å². The molecule has 0 unspecified atom stereocenters. The van der Waals surface area contributed by atoms with Crippen molar-refractivity contribution < 1.29 is 17.9 Å². The Morgan fingerprint density at radius 3 is 2.51 bits per heavy atom. The number of hydrogen-bond acceptors (Lipinski definition) is 9. The third kappa shape index (κ3) is 5.31. The first-order valence-electron chi connectivity index (χ1n) is 10.7. The number of morpholine rings is 1. The Kier molecular flexibility index (Phi) is 6.44. The van der Waals surface area contributed by atoms with E-state index in [1.54, 1.807) is 5.38 Å². The number of carbonyl (C=O) groups is 1. The van der Waals surface area contributed by atoms with Gasteiger partial charge in [0.1, 0.15) is 5.82 Å². The van der Waals surface area contributed by atoms with E-state index in [0.717, 1.165) is 11.2 Å². The Morgan fingerprint density at radius 1 is 1.00 bits per heavy atom. The highest BCUT2D eigenvalue weighted by Crippen LogP contribution is 2.26. The van der Waals surface area contributed by atoms with Gasteiger partial charge >= 0.3 is 6.03 Å². The quantitative estimate of drug-likeness (QED) is 0.358. The molecule has 1 saturated heterocycles. The van der Waals surface area contributed by atoms with Crippen LogP contribution >= 0.6 is 11.3 Å². The summed E-state index contributed by atoms with van der Waals surface area (Å²) in [7, 11) is -3.78. The molecular weight excluding hydrogens is 490 g/mol. The van der Waals surface area contributed by atoms with Crippen molar-refractivity contribution in [2.45, 2.75) is 4.90 Å². The van der Waals surface area contributed by atoms with Crippen LogP contribution in [0.1, 0.15) is 0 Å². The van der Waals surface area contributed by atoms with E-state index in [-0.39, 0.29) is 16.0 Å². The molecule has 1 aliphatic heterocycles. The molecule has 1 aliphatic rings. The first-order valence-corrected chi connectivity index (χ1v) is 13.0. The van der Waals surface area contributed by atoms with Gasteiger partial charge in [-0.05, 0) is 36.4 Å². The van der Waals surface area contributed by atoms with Crippen molar-refractivity contribution in [2.24, 2.45) is 0 Å². The summed E-state index contributed by atoms with van der Waals surface area (Å²) >= 11 is 1.18. The zero-order valence-corrected chi connectivity index (χ0v) is 20.0. The SMILES string of the molecule is O=C(Nc1ccc(S(=O)(=O)Nc2nccs2)cc1)Nc1nc(N2CCOCC2)c2ccccc2n1. The van der Waals surface area contributed by atoms with Crippen LogP contribution < -0.4 is 20.3 Å². The number of thiazole rings is 1. The number of para-hydroxylation sites is 1. The number of sulfonamides is 1. The largest absolute Gasteiger partial charge is 0.378 e. The summed E-state index contributed by atoms with van der Waals surface area (Å²) in [6, 6.07) is 12.8. The highest BCUT2D eigenvalue weighted by Gasteiger charge is 2.19. The number of nitrogens with one attached hydrogen (secondary N) is 3. The van der Waals surface area contributed by atoms with E-state index in [4.69, 9.17) is 4.74 Å². The van der Waals surface area contributed by atoms with Gasteiger partial charge in [0.25, 0.3) is 10.0 Å². The maximum absolute atomic E-state index is 12.6. The minimum atomic E-state index is -3.78. The number of hydrogen-bond donors (Lipinski definition) is 3. The van der Waals surface area contributed by atoms with E-state index in [1.165, 1.54) is 41.8 Å². The Bertz CT molecular complexity index is 1440. The van der Waals surface area contributed by atoms with Crippen LogP contribution in [0.25, 0.3) is 10.9 Å². The fourth-order valence-electron chi connectivity index (χ4n) is 3.56. The summed E-state index contributed by atoms with van der Waals surface area (Å²) in [6.07, 6.45) is 1.51. The van der Waals surface area contributed by atoms with Gasteiger partial charge in [0.15, 0.2) is 5.13 Å². The zero-order valence-electron chi connectivity index (χ0n) is 18.3. The average molecular weight is 512 g/mol. The molecule has 3 N–H and O–H groups in total. The molecule has 35 heavy (non-hydrogen) atoms. The highest BCUT2D eigenvalue weighted by atomic mass is 32.2.